The number of thiazole rings is 1. The Balaban J connectivity index is 2.06. The van der Waals surface area contributed by atoms with Crippen LogP contribution < -0.4 is 0 Å². The highest BCUT2D eigenvalue weighted by Gasteiger charge is 2.43. The van der Waals surface area contributed by atoms with Gasteiger partial charge in [-0.15, -0.1) is 11.3 Å². The van der Waals surface area contributed by atoms with Crippen LogP contribution >= 0.6 is 11.3 Å². The molecule has 2 nitrogen and oxygen atoms in total. The molecule has 0 N–H and O–H groups in total. The second-order valence-electron chi connectivity index (χ2n) is 7.61. The molecule has 0 aliphatic carbocycles. The average Bonchev–Trinajstić information content (AvgIpc) is 3.11. The molecule has 0 atom stereocenters. The molecule has 1 aromatic heterocycles. The van der Waals surface area contributed by atoms with Gasteiger partial charge in [0.1, 0.15) is 5.01 Å². The Morgan fingerprint density at radius 1 is 0.741 bits per heavy atom. The van der Waals surface area contributed by atoms with Crippen LogP contribution in [0.4, 0.5) is 0 Å². The first-order valence-corrected chi connectivity index (χ1v) is 13.4. The minimum Gasteiger partial charge on any atom is -0.399 e. The van der Waals surface area contributed by atoms with Crippen molar-refractivity contribution >= 4 is 29.9 Å². The van der Waals surface area contributed by atoms with Gasteiger partial charge in [-0.1, -0.05) is 72.8 Å². The molecular formula is C23H23NOSSi. The molecule has 27 heavy (non-hydrogen) atoms. The Kier molecular flexibility index (Phi) is 4.72. The largest absolute Gasteiger partial charge is 0.399 e. The Hall–Kier alpha value is -2.27. The van der Waals surface area contributed by atoms with Crippen LogP contribution in [0, 0.1) is 0 Å². The van der Waals surface area contributed by atoms with Gasteiger partial charge in [0.25, 0.3) is 0 Å². The van der Waals surface area contributed by atoms with Gasteiger partial charge < -0.3 is 4.43 Å². The minimum absolute atomic E-state index is 0.698. The van der Waals surface area contributed by atoms with Gasteiger partial charge in [-0.2, -0.15) is 0 Å². The first-order chi connectivity index (χ1) is 13.0. The summed E-state index contributed by atoms with van der Waals surface area (Å²) >= 11 is 1.72. The molecule has 136 valence electrons. The predicted octanol–water partition coefficient (Wildman–Crippen LogP) is 6.44. The second-order valence-corrected chi connectivity index (χ2v) is 13.1. The zero-order chi connectivity index (χ0) is 18.9. The predicted molar refractivity (Wildman–Crippen MR) is 117 cm³/mol. The number of fused-ring (bicyclic) bond motifs is 1. The van der Waals surface area contributed by atoms with Crippen LogP contribution in [-0.4, -0.2) is 13.3 Å². The Bertz CT molecular complexity index is 966. The zero-order valence-corrected chi connectivity index (χ0v) is 17.7. The van der Waals surface area contributed by atoms with Crippen LogP contribution in [0.3, 0.4) is 0 Å². The molecule has 0 amide bonds. The van der Waals surface area contributed by atoms with E-state index in [1.54, 1.807) is 11.3 Å². The lowest BCUT2D eigenvalue weighted by molar-refractivity contribution is 0.146. The van der Waals surface area contributed by atoms with Crippen LogP contribution in [0.1, 0.15) is 16.1 Å². The highest BCUT2D eigenvalue weighted by atomic mass is 32.1. The summed E-state index contributed by atoms with van der Waals surface area (Å²) in [4.78, 5) is 5.04. The van der Waals surface area contributed by atoms with Crippen molar-refractivity contribution in [1.82, 2.24) is 4.98 Å². The molecule has 0 unspecified atom stereocenters. The summed E-state index contributed by atoms with van der Waals surface area (Å²) in [6.45, 7) is 6.71. The van der Waals surface area contributed by atoms with Crippen molar-refractivity contribution in [2.75, 3.05) is 0 Å². The zero-order valence-electron chi connectivity index (χ0n) is 15.8. The standard InChI is InChI=1S/C23H23NOSSi/c1-27(2,3)25-23(18-12-6-4-7-13-18,19-14-8-5-9-15-19)22-24-20-16-10-11-17-21(20)26-22/h4-17H,1-3H3. The maximum Gasteiger partial charge on any atom is 0.186 e. The molecule has 0 saturated carbocycles. The van der Waals surface area contributed by atoms with E-state index in [1.807, 2.05) is 18.2 Å². The van der Waals surface area contributed by atoms with E-state index < -0.39 is 13.9 Å². The van der Waals surface area contributed by atoms with Crippen molar-refractivity contribution in [3.05, 3.63) is 101 Å². The van der Waals surface area contributed by atoms with Gasteiger partial charge in [0.15, 0.2) is 13.9 Å². The summed E-state index contributed by atoms with van der Waals surface area (Å²) in [5, 5.41) is 0.989. The van der Waals surface area contributed by atoms with Crippen molar-refractivity contribution < 1.29 is 4.43 Å². The second kappa shape index (κ2) is 7.04. The maximum atomic E-state index is 7.00. The summed E-state index contributed by atoms with van der Waals surface area (Å²) in [6, 6.07) is 29.3. The van der Waals surface area contributed by atoms with Gasteiger partial charge in [-0.25, -0.2) is 4.98 Å². The van der Waals surface area contributed by atoms with Crippen molar-refractivity contribution in [3.63, 3.8) is 0 Å². The summed E-state index contributed by atoms with van der Waals surface area (Å²) < 4.78 is 8.18. The van der Waals surface area contributed by atoms with E-state index in [9.17, 15) is 0 Å². The number of benzene rings is 3. The van der Waals surface area contributed by atoms with Crippen molar-refractivity contribution in [3.8, 4) is 0 Å². The fourth-order valence-corrected chi connectivity index (χ4v) is 5.87. The van der Waals surface area contributed by atoms with E-state index in [-0.39, 0.29) is 0 Å². The Morgan fingerprint density at radius 2 is 1.26 bits per heavy atom. The molecule has 1 heterocycles. The molecule has 0 saturated heterocycles. The summed E-state index contributed by atoms with van der Waals surface area (Å²) in [5.41, 5.74) is 2.57. The number of rotatable bonds is 5. The van der Waals surface area contributed by atoms with Gasteiger partial charge >= 0.3 is 0 Å². The molecule has 4 aromatic rings. The van der Waals surface area contributed by atoms with Gasteiger partial charge in [-0.3, -0.25) is 0 Å². The van der Waals surface area contributed by atoms with Crippen molar-refractivity contribution in [2.45, 2.75) is 25.2 Å². The normalized spacial score (nSPS) is 12.4. The molecule has 0 radical (unpaired) electrons. The third-order valence-electron chi connectivity index (χ3n) is 4.41. The van der Waals surface area contributed by atoms with Crippen LogP contribution in [0.2, 0.25) is 19.6 Å². The fraction of sp³-hybridized carbons (Fsp3) is 0.174. The highest BCUT2D eigenvalue weighted by Crippen LogP contribution is 2.45. The average molecular weight is 390 g/mol. The summed E-state index contributed by atoms with van der Waals surface area (Å²) in [7, 11) is -1.92. The number of nitrogens with zero attached hydrogens (tertiary/aromatic N) is 1. The third-order valence-corrected chi connectivity index (χ3v) is 6.47. The van der Waals surface area contributed by atoms with Crippen molar-refractivity contribution in [1.29, 1.82) is 0 Å². The van der Waals surface area contributed by atoms with E-state index >= 15 is 0 Å². The number of hydrogen-bond acceptors (Lipinski definition) is 3. The number of hydrogen-bond donors (Lipinski definition) is 0. The van der Waals surface area contributed by atoms with E-state index in [2.05, 4.69) is 86.4 Å². The molecular weight excluding hydrogens is 366 g/mol. The maximum absolute atomic E-state index is 7.00. The van der Waals surface area contributed by atoms with Crippen LogP contribution in [-0.2, 0) is 10.0 Å². The lowest BCUT2D eigenvalue weighted by Gasteiger charge is -2.38. The fourth-order valence-electron chi connectivity index (χ4n) is 3.40. The van der Waals surface area contributed by atoms with Gasteiger partial charge in [-0.05, 0) is 42.9 Å². The van der Waals surface area contributed by atoms with Gasteiger partial charge in [0, 0.05) is 0 Å². The lowest BCUT2D eigenvalue weighted by Crippen LogP contribution is -2.42. The minimum atomic E-state index is -1.92. The van der Waals surface area contributed by atoms with E-state index in [0.717, 1.165) is 21.7 Å². The van der Waals surface area contributed by atoms with E-state index in [4.69, 9.17) is 9.41 Å². The molecule has 3 aromatic carbocycles. The lowest BCUT2D eigenvalue weighted by atomic mass is 9.87. The molecule has 0 aliphatic heterocycles. The smallest absolute Gasteiger partial charge is 0.186 e. The van der Waals surface area contributed by atoms with E-state index in [1.165, 1.54) is 4.70 Å². The molecule has 0 fully saturated rings. The summed E-state index contributed by atoms with van der Waals surface area (Å²) in [6.07, 6.45) is 0. The third kappa shape index (κ3) is 3.48. The van der Waals surface area contributed by atoms with Crippen LogP contribution in [0.25, 0.3) is 10.2 Å². The molecule has 4 rings (SSSR count). The Labute approximate surface area is 165 Å². The van der Waals surface area contributed by atoms with Crippen LogP contribution in [0.15, 0.2) is 84.9 Å². The van der Waals surface area contributed by atoms with Crippen molar-refractivity contribution in [2.24, 2.45) is 0 Å². The number of para-hydroxylation sites is 1. The molecule has 0 spiro atoms. The Morgan fingerprint density at radius 3 is 1.78 bits per heavy atom. The SMILES string of the molecule is C[Si](C)(C)OC(c1ccccc1)(c1ccccc1)c1nc2ccccc2s1. The molecule has 0 aliphatic rings. The quantitative estimate of drug-likeness (QED) is 0.366. The molecule has 0 bridgehead atoms. The summed E-state index contributed by atoms with van der Waals surface area (Å²) in [5.74, 6) is 0. The topological polar surface area (TPSA) is 22.1 Å². The van der Waals surface area contributed by atoms with Crippen LogP contribution in [0.5, 0.6) is 0 Å². The molecule has 4 heteroatoms. The first kappa shape index (κ1) is 18.1. The highest BCUT2D eigenvalue weighted by molar-refractivity contribution is 7.18. The first-order valence-electron chi connectivity index (χ1n) is 9.16. The van der Waals surface area contributed by atoms with Gasteiger partial charge in [0.2, 0.25) is 0 Å². The van der Waals surface area contributed by atoms with Gasteiger partial charge in [0.05, 0.1) is 10.2 Å². The van der Waals surface area contributed by atoms with E-state index in [0.29, 0.717) is 0 Å². The number of aromatic nitrogens is 1. The monoisotopic (exact) mass is 389 g/mol.